The molecule has 0 aromatic rings. The van der Waals surface area contributed by atoms with Gasteiger partial charge < -0.3 is 10.2 Å². The Kier molecular flexibility index (Phi) is 5.64. The number of amides is 1. The summed E-state index contributed by atoms with van der Waals surface area (Å²) in [4.78, 5) is 16.1. The van der Waals surface area contributed by atoms with Gasteiger partial charge in [0, 0.05) is 44.7 Å². The van der Waals surface area contributed by atoms with E-state index in [1.165, 1.54) is 0 Å². The predicted molar refractivity (Wildman–Crippen MR) is 74.2 cm³/mol. The molecule has 1 N–H and O–H groups in total. The fourth-order valence-electron chi connectivity index (χ4n) is 1.99. The summed E-state index contributed by atoms with van der Waals surface area (Å²) in [7, 11) is 0. The smallest absolute Gasteiger partial charge is 0.223 e. The van der Waals surface area contributed by atoms with Crippen LogP contribution in [-0.4, -0.2) is 60.5 Å². The molecule has 102 valence electrons. The molecule has 0 unspecified atom stereocenters. The van der Waals surface area contributed by atoms with Gasteiger partial charge in [0.15, 0.2) is 0 Å². The number of terminal acetylenes is 1. The van der Waals surface area contributed by atoms with E-state index >= 15 is 0 Å². The minimum absolute atomic E-state index is 0.0752. The average molecular weight is 251 g/mol. The van der Waals surface area contributed by atoms with Crippen LogP contribution in [0.15, 0.2) is 0 Å². The maximum absolute atomic E-state index is 12.0. The summed E-state index contributed by atoms with van der Waals surface area (Å²) in [5.74, 6) is 2.89. The number of hydrogen-bond donors (Lipinski definition) is 1. The number of nitrogens with one attached hydrogen (secondary N) is 1. The molecular weight excluding hydrogens is 226 g/mol. The fourth-order valence-corrected chi connectivity index (χ4v) is 1.99. The molecule has 0 bridgehead atoms. The Bertz CT molecular complexity index is 306. The summed E-state index contributed by atoms with van der Waals surface area (Å²) in [6.45, 7) is 11.1. The minimum atomic E-state index is 0.0752. The number of rotatable bonds is 4. The molecule has 1 saturated heterocycles. The van der Waals surface area contributed by atoms with Crippen LogP contribution in [0.5, 0.6) is 0 Å². The first kappa shape index (κ1) is 15.0. The number of nitrogens with zero attached hydrogens (tertiary/aromatic N) is 2. The van der Waals surface area contributed by atoms with E-state index in [1.807, 2.05) is 4.90 Å². The van der Waals surface area contributed by atoms with E-state index in [2.05, 4.69) is 36.9 Å². The lowest BCUT2D eigenvalue weighted by Gasteiger charge is -2.34. The highest BCUT2D eigenvalue weighted by atomic mass is 16.2. The lowest BCUT2D eigenvalue weighted by atomic mass is 10.1. The molecule has 1 heterocycles. The Hall–Kier alpha value is -1.05. The fraction of sp³-hybridized carbons (Fsp3) is 0.786. The normalized spacial score (nSPS) is 17.6. The first-order chi connectivity index (χ1) is 8.42. The third-order valence-corrected chi connectivity index (χ3v) is 3.03. The zero-order valence-electron chi connectivity index (χ0n) is 11.8. The molecule has 1 fully saturated rings. The molecule has 0 saturated carbocycles. The van der Waals surface area contributed by atoms with Crippen molar-refractivity contribution in [3.05, 3.63) is 0 Å². The largest absolute Gasteiger partial charge is 0.340 e. The maximum Gasteiger partial charge on any atom is 0.223 e. The molecule has 1 amide bonds. The van der Waals surface area contributed by atoms with Crippen molar-refractivity contribution < 1.29 is 4.79 Å². The molecule has 1 aliphatic heterocycles. The number of piperazine rings is 1. The maximum atomic E-state index is 12.0. The molecular formula is C14H25N3O. The quantitative estimate of drug-likeness (QED) is 0.741. The van der Waals surface area contributed by atoms with Gasteiger partial charge in [-0.25, -0.2) is 0 Å². The molecule has 1 rings (SSSR count). The highest BCUT2D eigenvalue weighted by molar-refractivity contribution is 5.76. The Morgan fingerprint density at radius 1 is 1.28 bits per heavy atom. The molecule has 0 spiro atoms. The van der Waals surface area contributed by atoms with Crippen molar-refractivity contribution in [3.63, 3.8) is 0 Å². The number of carbonyl (C=O) groups is 1. The average Bonchev–Trinajstić information content (AvgIpc) is 2.28. The van der Waals surface area contributed by atoms with Crippen LogP contribution in [0.3, 0.4) is 0 Å². The first-order valence-corrected chi connectivity index (χ1v) is 6.61. The van der Waals surface area contributed by atoms with Crippen LogP contribution in [0, 0.1) is 12.3 Å². The second kappa shape index (κ2) is 6.77. The molecule has 0 radical (unpaired) electrons. The van der Waals surface area contributed by atoms with Gasteiger partial charge in [0.05, 0.1) is 6.54 Å². The van der Waals surface area contributed by atoms with E-state index < -0.39 is 0 Å². The Morgan fingerprint density at radius 3 is 2.39 bits per heavy atom. The Balaban J connectivity index is 2.22. The molecule has 0 aromatic heterocycles. The molecule has 4 heteroatoms. The summed E-state index contributed by atoms with van der Waals surface area (Å²) in [6.07, 6.45) is 5.86. The lowest BCUT2D eigenvalue weighted by molar-refractivity contribution is -0.132. The van der Waals surface area contributed by atoms with Crippen molar-refractivity contribution >= 4 is 5.91 Å². The summed E-state index contributed by atoms with van der Waals surface area (Å²) in [6, 6.07) is 0. The van der Waals surface area contributed by atoms with Gasteiger partial charge in [0.2, 0.25) is 5.91 Å². The standard InChI is InChI=1S/C14H25N3O/c1-5-8-16-9-11-17(12-10-16)13(18)6-7-15-14(2,3)4/h1,15H,6-12H2,2-4H3. The van der Waals surface area contributed by atoms with Crippen molar-refractivity contribution in [3.8, 4) is 12.3 Å². The molecule has 0 aromatic carbocycles. The van der Waals surface area contributed by atoms with E-state index in [-0.39, 0.29) is 11.4 Å². The summed E-state index contributed by atoms with van der Waals surface area (Å²) < 4.78 is 0. The summed E-state index contributed by atoms with van der Waals surface area (Å²) in [5, 5.41) is 3.34. The summed E-state index contributed by atoms with van der Waals surface area (Å²) >= 11 is 0. The van der Waals surface area contributed by atoms with Crippen molar-refractivity contribution in [1.29, 1.82) is 0 Å². The van der Waals surface area contributed by atoms with Crippen molar-refractivity contribution in [2.75, 3.05) is 39.3 Å². The van der Waals surface area contributed by atoms with Crippen LogP contribution in [0.1, 0.15) is 27.2 Å². The molecule has 18 heavy (non-hydrogen) atoms. The molecule has 4 nitrogen and oxygen atoms in total. The van der Waals surface area contributed by atoms with Crippen LogP contribution >= 0.6 is 0 Å². The SMILES string of the molecule is C#CCN1CCN(C(=O)CCNC(C)(C)C)CC1. The summed E-state index contributed by atoms with van der Waals surface area (Å²) in [5.41, 5.74) is 0.0752. The van der Waals surface area contributed by atoms with E-state index in [9.17, 15) is 4.79 Å². The van der Waals surface area contributed by atoms with E-state index in [1.54, 1.807) is 0 Å². The Morgan fingerprint density at radius 2 is 1.89 bits per heavy atom. The monoisotopic (exact) mass is 251 g/mol. The molecule has 1 aliphatic rings. The highest BCUT2D eigenvalue weighted by Gasteiger charge is 2.20. The zero-order chi connectivity index (χ0) is 13.6. The molecule has 0 atom stereocenters. The van der Waals surface area contributed by atoms with Crippen LogP contribution in [0.4, 0.5) is 0 Å². The predicted octanol–water partition coefficient (Wildman–Crippen LogP) is 0.542. The van der Waals surface area contributed by atoms with Gasteiger partial charge >= 0.3 is 0 Å². The van der Waals surface area contributed by atoms with Gasteiger partial charge in [0.1, 0.15) is 0 Å². The van der Waals surface area contributed by atoms with E-state index in [0.717, 1.165) is 32.7 Å². The van der Waals surface area contributed by atoms with Crippen molar-refractivity contribution in [2.45, 2.75) is 32.7 Å². The van der Waals surface area contributed by atoms with Crippen LogP contribution in [0.25, 0.3) is 0 Å². The third-order valence-electron chi connectivity index (χ3n) is 3.03. The number of hydrogen-bond acceptors (Lipinski definition) is 3. The lowest BCUT2D eigenvalue weighted by Crippen LogP contribution is -2.49. The zero-order valence-corrected chi connectivity index (χ0v) is 11.8. The second-order valence-corrected chi connectivity index (χ2v) is 5.79. The Labute approximate surface area is 111 Å². The van der Waals surface area contributed by atoms with Gasteiger partial charge in [-0.3, -0.25) is 9.69 Å². The van der Waals surface area contributed by atoms with E-state index in [0.29, 0.717) is 13.0 Å². The van der Waals surface area contributed by atoms with Gasteiger partial charge in [-0.2, -0.15) is 0 Å². The van der Waals surface area contributed by atoms with Crippen LogP contribution < -0.4 is 5.32 Å². The topological polar surface area (TPSA) is 35.6 Å². The first-order valence-electron chi connectivity index (χ1n) is 6.61. The van der Waals surface area contributed by atoms with Gasteiger partial charge in [-0.15, -0.1) is 6.42 Å². The molecule has 0 aliphatic carbocycles. The van der Waals surface area contributed by atoms with Crippen LogP contribution in [0.2, 0.25) is 0 Å². The third kappa shape index (κ3) is 5.52. The van der Waals surface area contributed by atoms with Crippen LogP contribution in [-0.2, 0) is 4.79 Å². The van der Waals surface area contributed by atoms with E-state index in [4.69, 9.17) is 6.42 Å². The van der Waals surface area contributed by atoms with Gasteiger partial charge in [-0.05, 0) is 20.8 Å². The van der Waals surface area contributed by atoms with Gasteiger partial charge in [-0.1, -0.05) is 5.92 Å². The van der Waals surface area contributed by atoms with Crippen molar-refractivity contribution in [2.24, 2.45) is 0 Å². The second-order valence-electron chi connectivity index (χ2n) is 5.79. The minimum Gasteiger partial charge on any atom is -0.340 e. The number of carbonyl (C=O) groups excluding carboxylic acids is 1. The van der Waals surface area contributed by atoms with Crippen molar-refractivity contribution in [1.82, 2.24) is 15.1 Å². The highest BCUT2D eigenvalue weighted by Crippen LogP contribution is 2.04. The van der Waals surface area contributed by atoms with Gasteiger partial charge in [0.25, 0.3) is 0 Å².